The average Bonchev–Trinajstić information content (AvgIpc) is 2.41. The molecule has 0 aliphatic rings. The lowest BCUT2D eigenvalue weighted by molar-refractivity contribution is -0.115. The molecule has 0 unspecified atom stereocenters. The molecule has 1 amide bonds. The normalized spacial score (nSPS) is 10.6. The highest BCUT2D eigenvalue weighted by Gasteiger charge is 2.07. The number of hydrogen-bond acceptors (Lipinski definition) is 2. The van der Waals surface area contributed by atoms with Gasteiger partial charge in [0.1, 0.15) is 5.75 Å². The van der Waals surface area contributed by atoms with Crippen molar-refractivity contribution >= 4 is 11.6 Å². The molecule has 0 fully saturated rings. The predicted octanol–water partition coefficient (Wildman–Crippen LogP) is 4.27. The van der Waals surface area contributed by atoms with Crippen LogP contribution >= 0.6 is 0 Å². The van der Waals surface area contributed by atoms with Crippen molar-refractivity contribution in [2.45, 2.75) is 40.2 Å². The molecule has 0 radical (unpaired) electrons. The van der Waals surface area contributed by atoms with Gasteiger partial charge in [0, 0.05) is 11.8 Å². The molecule has 0 atom stereocenters. The summed E-state index contributed by atoms with van der Waals surface area (Å²) in [6.07, 6.45) is 0.489. The van der Waals surface area contributed by atoms with E-state index in [0.717, 1.165) is 22.6 Å². The molecule has 0 saturated heterocycles. The molecular formula is C19H23NO2. The van der Waals surface area contributed by atoms with E-state index in [1.807, 2.05) is 57.2 Å². The zero-order valence-electron chi connectivity index (χ0n) is 13.6. The van der Waals surface area contributed by atoms with Crippen molar-refractivity contribution in [2.75, 3.05) is 5.32 Å². The van der Waals surface area contributed by atoms with E-state index in [9.17, 15) is 4.79 Å². The summed E-state index contributed by atoms with van der Waals surface area (Å²) in [7, 11) is 0. The molecule has 2 rings (SSSR count). The predicted molar refractivity (Wildman–Crippen MR) is 90.5 cm³/mol. The van der Waals surface area contributed by atoms with Gasteiger partial charge >= 0.3 is 0 Å². The maximum absolute atomic E-state index is 12.2. The Labute approximate surface area is 132 Å². The van der Waals surface area contributed by atoms with E-state index in [2.05, 4.69) is 18.3 Å². The van der Waals surface area contributed by atoms with Crippen LogP contribution in [0.5, 0.6) is 5.75 Å². The van der Waals surface area contributed by atoms with E-state index in [0.29, 0.717) is 6.42 Å². The third kappa shape index (κ3) is 4.62. The number of anilines is 1. The van der Waals surface area contributed by atoms with Gasteiger partial charge < -0.3 is 10.1 Å². The lowest BCUT2D eigenvalue weighted by Gasteiger charge is -2.12. The monoisotopic (exact) mass is 297 g/mol. The molecule has 0 aliphatic heterocycles. The largest absolute Gasteiger partial charge is 0.491 e. The van der Waals surface area contributed by atoms with E-state index in [4.69, 9.17) is 4.74 Å². The first kappa shape index (κ1) is 16.1. The molecule has 0 heterocycles. The fraction of sp³-hybridized carbons (Fsp3) is 0.316. The third-order valence-electron chi connectivity index (χ3n) is 3.34. The fourth-order valence-electron chi connectivity index (χ4n) is 2.34. The maximum Gasteiger partial charge on any atom is 0.228 e. The molecule has 0 aromatic heterocycles. The van der Waals surface area contributed by atoms with Gasteiger partial charge in [-0.05, 0) is 51.0 Å². The number of benzene rings is 2. The Morgan fingerprint density at radius 3 is 2.59 bits per heavy atom. The van der Waals surface area contributed by atoms with Crippen LogP contribution < -0.4 is 10.1 Å². The van der Waals surface area contributed by atoms with Crippen molar-refractivity contribution in [1.82, 2.24) is 0 Å². The van der Waals surface area contributed by atoms with Crippen molar-refractivity contribution in [3.8, 4) is 5.75 Å². The van der Waals surface area contributed by atoms with Crippen molar-refractivity contribution in [3.05, 3.63) is 59.2 Å². The number of carbonyl (C=O) groups is 1. The molecule has 116 valence electrons. The zero-order valence-corrected chi connectivity index (χ0v) is 13.6. The van der Waals surface area contributed by atoms with Crippen LogP contribution in [-0.4, -0.2) is 12.0 Å². The molecule has 0 saturated carbocycles. The fourth-order valence-corrected chi connectivity index (χ4v) is 2.34. The van der Waals surface area contributed by atoms with Crippen LogP contribution in [0.3, 0.4) is 0 Å². The van der Waals surface area contributed by atoms with Crippen LogP contribution in [0, 0.1) is 13.8 Å². The van der Waals surface area contributed by atoms with E-state index >= 15 is 0 Å². The first-order valence-electron chi connectivity index (χ1n) is 7.57. The van der Waals surface area contributed by atoms with E-state index in [-0.39, 0.29) is 12.0 Å². The molecule has 2 aromatic carbocycles. The van der Waals surface area contributed by atoms with Gasteiger partial charge in [-0.15, -0.1) is 0 Å². The number of hydrogen-bond donors (Lipinski definition) is 1. The van der Waals surface area contributed by atoms with Gasteiger partial charge in [-0.2, -0.15) is 0 Å². The minimum Gasteiger partial charge on any atom is -0.491 e. The quantitative estimate of drug-likeness (QED) is 0.895. The molecule has 0 aliphatic carbocycles. The Kier molecular flexibility index (Phi) is 5.21. The van der Waals surface area contributed by atoms with Crippen LogP contribution in [-0.2, 0) is 11.2 Å². The minimum absolute atomic E-state index is 0.0198. The highest BCUT2D eigenvalue weighted by Crippen LogP contribution is 2.19. The number of aryl methyl sites for hydroxylation is 2. The van der Waals surface area contributed by atoms with Gasteiger partial charge in [-0.25, -0.2) is 0 Å². The summed E-state index contributed by atoms with van der Waals surface area (Å²) in [6.45, 7) is 8.04. The van der Waals surface area contributed by atoms with Gasteiger partial charge in [0.15, 0.2) is 0 Å². The van der Waals surface area contributed by atoms with E-state index < -0.39 is 0 Å². The van der Waals surface area contributed by atoms with Gasteiger partial charge in [0.05, 0.1) is 12.5 Å². The molecule has 0 bridgehead atoms. The van der Waals surface area contributed by atoms with Gasteiger partial charge in [-0.3, -0.25) is 4.79 Å². The van der Waals surface area contributed by atoms with Crippen molar-refractivity contribution in [2.24, 2.45) is 0 Å². The number of ether oxygens (including phenoxy) is 1. The summed E-state index contributed by atoms with van der Waals surface area (Å²) in [5.41, 5.74) is 4.16. The highest BCUT2D eigenvalue weighted by molar-refractivity contribution is 5.92. The summed E-state index contributed by atoms with van der Waals surface area (Å²) < 4.78 is 5.64. The Balaban J connectivity index is 2.02. The zero-order chi connectivity index (χ0) is 16.1. The van der Waals surface area contributed by atoms with E-state index in [1.54, 1.807) is 0 Å². The van der Waals surface area contributed by atoms with Gasteiger partial charge in [0.2, 0.25) is 5.91 Å². The lowest BCUT2D eigenvalue weighted by Crippen LogP contribution is -2.15. The second kappa shape index (κ2) is 7.12. The SMILES string of the molecule is Cc1ccc(CC(=O)Nc2cccc(OC(C)C)c2)c(C)c1. The Hall–Kier alpha value is -2.29. The Bertz CT molecular complexity index is 662. The van der Waals surface area contributed by atoms with Crippen molar-refractivity contribution < 1.29 is 9.53 Å². The third-order valence-corrected chi connectivity index (χ3v) is 3.34. The molecule has 22 heavy (non-hydrogen) atoms. The topological polar surface area (TPSA) is 38.3 Å². The minimum atomic E-state index is -0.0198. The molecular weight excluding hydrogens is 274 g/mol. The van der Waals surface area contributed by atoms with Crippen LogP contribution in [0.1, 0.15) is 30.5 Å². The summed E-state index contributed by atoms with van der Waals surface area (Å²) in [5, 5.41) is 2.93. The van der Waals surface area contributed by atoms with Crippen LogP contribution in [0.2, 0.25) is 0 Å². The van der Waals surface area contributed by atoms with Crippen LogP contribution in [0.25, 0.3) is 0 Å². The average molecular weight is 297 g/mol. The van der Waals surface area contributed by atoms with Crippen molar-refractivity contribution in [1.29, 1.82) is 0 Å². The summed E-state index contributed by atoms with van der Waals surface area (Å²) in [6, 6.07) is 13.6. The van der Waals surface area contributed by atoms with E-state index in [1.165, 1.54) is 5.56 Å². The van der Waals surface area contributed by atoms with Gasteiger partial charge in [0.25, 0.3) is 0 Å². The molecule has 1 N–H and O–H groups in total. The van der Waals surface area contributed by atoms with Crippen molar-refractivity contribution in [3.63, 3.8) is 0 Å². The number of rotatable bonds is 5. The Morgan fingerprint density at radius 1 is 1.14 bits per heavy atom. The van der Waals surface area contributed by atoms with Crippen LogP contribution in [0.4, 0.5) is 5.69 Å². The van der Waals surface area contributed by atoms with Gasteiger partial charge in [-0.1, -0.05) is 29.8 Å². The molecule has 0 spiro atoms. The summed E-state index contributed by atoms with van der Waals surface area (Å²) in [4.78, 5) is 12.2. The number of carbonyl (C=O) groups excluding carboxylic acids is 1. The van der Waals surface area contributed by atoms with Crippen LogP contribution in [0.15, 0.2) is 42.5 Å². The summed E-state index contributed by atoms with van der Waals surface area (Å²) >= 11 is 0. The Morgan fingerprint density at radius 2 is 1.91 bits per heavy atom. The maximum atomic E-state index is 12.2. The molecule has 3 heteroatoms. The standard InChI is InChI=1S/C19H23NO2/c1-13(2)22-18-7-5-6-17(12-18)20-19(21)11-16-9-8-14(3)10-15(16)4/h5-10,12-13H,11H2,1-4H3,(H,20,21). The second-order valence-electron chi connectivity index (χ2n) is 5.85. The first-order chi connectivity index (χ1) is 10.4. The lowest BCUT2D eigenvalue weighted by atomic mass is 10.0. The highest BCUT2D eigenvalue weighted by atomic mass is 16.5. The second-order valence-corrected chi connectivity index (χ2v) is 5.85. The summed E-state index contributed by atoms with van der Waals surface area (Å²) in [5.74, 6) is 0.743. The smallest absolute Gasteiger partial charge is 0.228 e. The molecule has 2 aromatic rings. The number of amides is 1. The number of nitrogens with one attached hydrogen (secondary N) is 1. The first-order valence-corrected chi connectivity index (χ1v) is 7.57. The molecule has 3 nitrogen and oxygen atoms in total.